The van der Waals surface area contributed by atoms with Crippen molar-refractivity contribution in [2.24, 2.45) is 0 Å². The van der Waals surface area contributed by atoms with Gasteiger partial charge in [-0.2, -0.15) is 4.98 Å². The summed E-state index contributed by atoms with van der Waals surface area (Å²) in [6.07, 6.45) is -3.36. The van der Waals surface area contributed by atoms with Gasteiger partial charge in [-0.05, 0) is 25.8 Å². The van der Waals surface area contributed by atoms with E-state index in [1.807, 2.05) is 0 Å². The monoisotopic (exact) mass is 563 g/mol. The van der Waals surface area contributed by atoms with Gasteiger partial charge in [-0.25, -0.2) is 27.5 Å². The van der Waals surface area contributed by atoms with Gasteiger partial charge in [-0.15, -0.1) is 0 Å². The quantitative estimate of drug-likeness (QED) is 0.389. The first-order valence-electron chi connectivity index (χ1n) is 11.1. The smallest absolute Gasteiger partial charge is 0.287 e. The Morgan fingerprint density at radius 1 is 1.22 bits per heavy atom. The van der Waals surface area contributed by atoms with Gasteiger partial charge in [0.25, 0.3) is 24.6 Å². The van der Waals surface area contributed by atoms with Crippen LogP contribution in [0.15, 0.2) is 24.4 Å². The van der Waals surface area contributed by atoms with Crippen LogP contribution in [0.1, 0.15) is 30.4 Å². The number of fused-ring (bicyclic) bond motifs is 1. The second-order valence-corrected chi connectivity index (χ2v) is 10.7. The minimum Gasteiger partial charge on any atom is -0.482 e. The predicted octanol–water partition coefficient (Wildman–Crippen LogP) is 4.21. The summed E-state index contributed by atoms with van der Waals surface area (Å²) in [6.45, 7) is 0.0841. The zero-order valence-electron chi connectivity index (χ0n) is 19.4. The highest BCUT2D eigenvalue weighted by atomic mass is 35.5. The van der Waals surface area contributed by atoms with Crippen LogP contribution in [-0.4, -0.2) is 66.1 Å². The van der Waals surface area contributed by atoms with E-state index in [-0.39, 0.29) is 39.5 Å². The third-order valence-electron chi connectivity index (χ3n) is 5.64. The van der Waals surface area contributed by atoms with Crippen molar-refractivity contribution in [3.8, 4) is 17.5 Å². The molecule has 3 aromatic rings. The summed E-state index contributed by atoms with van der Waals surface area (Å²) in [7, 11) is -0.951. The van der Waals surface area contributed by atoms with Crippen molar-refractivity contribution < 1.29 is 36.0 Å². The minimum absolute atomic E-state index is 0.0535. The molecule has 1 amide bonds. The zero-order chi connectivity index (χ0) is 26.7. The maximum Gasteiger partial charge on any atom is 0.287 e. The van der Waals surface area contributed by atoms with E-state index in [0.717, 1.165) is 4.57 Å². The molecule has 1 N–H and O–H groups in total. The Morgan fingerprint density at radius 2 is 1.95 bits per heavy atom. The summed E-state index contributed by atoms with van der Waals surface area (Å²) in [4.78, 5) is 25.4. The Morgan fingerprint density at radius 3 is 2.62 bits per heavy atom. The molecule has 0 aliphatic carbocycles. The highest BCUT2D eigenvalue weighted by molar-refractivity contribution is 7.85. The lowest BCUT2D eigenvalue weighted by Gasteiger charge is -2.34. The van der Waals surface area contributed by atoms with Crippen LogP contribution in [0.5, 0.6) is 17.5 Å². The molecule has 1 fully saturated rings. The average Bonchev–Trinajstić information content (AvgIpc) is 3.18. The fraction of sp³-hybridized carbons (Fsp3) is 0.455. The lowest BCUT2D eigenvalue weighted by atomic mass is 9.95. The number of aromatic nitrogens is 4. The molecule has 4 rings (SSSR count). The number of hydrogen-bond donors (Lipinski definition) is 1. The van der Waals surface area contributed by atoms with Gasteiger partial charge in [0.15, 0.2) is 11.4 Å². The van der Waals surface area contributed by atoms with Crippen LogP contribution in [0.4, 0.5) is 17.6 Å². The molecule has 0 unspecified atom stereocenters. The Labute approximate surface area is 216 Å². The highest BCUT2D eigenvalue weighted by Gasteiger charge is 2.33. The van der Waals surface area contributed by atoms with Crippen molar-refractivity contribution in [1.82, 2.24) is 24.8 Å². The Balaban J connectivity index is 1.63. The second kappa shape index (κ2) is 11.2. The van der Waals surface area contributed by atoms with E-state index >= 15 is 0 Å². The molecule has 37 heavy (non-hydrogen) atoms. The number of imidazole rings is 1. The van der Waals surface area contributed by atoms with Crippen LogP contribution in [0.25, 0.3) is 11.2 Å². The molecular weight excluding hydrogens is 542 g/mol. The predicted molar refractivity (Wildman–Crippen MR) is 127 cm³/mol. The topological polar surface area (TPSA) is 108 Å². The highest BCUT2D eigenvalue weighted by Crippen LogP contribution is 2.32. The molecule has 0 atom stereocenters. The lowest BCUT2D eigenvalue weighted by Crippen LogP contribution is -2.50. The van der Waals surface area contributed by atoms with Gasteiger partial charge in [0, 0.05) is 46.2 Å². The fourth-order valence-corrected chi connectivity index (χ4v) is 5.45. The first kappa shape index (κ1) is 27.0. The second-order valence-electron chi connectivity index (χ2n) is 8.55. The first-order valence-corrected chi connectivity index (χ1v) is 13.0. The number of nitrogens with zero attached hydrogens (tertiary/aromatic N) is 4. The molecule has 15 heteroatoms. The van der Waals surface area contributed by atoms with E-state index in [9.17, 15) is 26.6 Å². The third kappa shape index (κ3) is 6.66. The van der Waals surface area contributed by atoms with E-state index in [4.69, 9.17) is 21.1 Å². The number of alkyl halides is 4. The molecule has 3 aromatic heterocycles. The van der Waals surface area contributed by atoms with Crippen LogP contribution < -0.4 is 14.8 Å². The van der Waals surface area contributed by atoms with Gasteiger partial charge < -0.3 is 19.4 Å². The number of nitrogens with one attached hydrogen (secondary N) is 1. The SMILES string of the molecule is CC1(NC(=O)c2nc3nc(Oc4ncc(Cl)cc4OCC(F)F)ccc3n2CC(F)F)CCS(=O)CC1. The van der Waals surface area contributed by atoms with Crippen LogP contribution in [0, 0.1) is 0 Å². The molecule has 4 heterocycles. The number of carbonyl (C=O) groups excluding carboxylic acids is 1. The van der Waals surface area contributed by atoms with E-state index < -0.39 is 48.2 Å². The van der Waals surface area contributed by atoms with Gasteiger partial charge >= 0.3 is 0 Å². The molecule has 9 nitrogen and oxygen atoms in total. The summed E-state index contributed by atoms with van der Waals surface area (Å²) < 4.78 is 75.3. The van der Waals surface area contributed by atoms with Crippen molar-refractivity contribution in [3.05, 3.63) is 35.2 Å². The molecule has 0 saturated carbocycles. The van der Waals surface area contributed by atoms with Crippen LogP contribution in [-0.2, 0) is 17.3 Å². The Bertz CT molecular complexity index is 1320. The van der Waals surface area contributed by atoms with Crippen molar-refractivity contribution >= 4 is 39.5 Å². The number of hydrogen-bond acceptors (Lipinski definition) is 7. The molecule has 0 bridgehead atoms. The molecule has 0 spiro atoms. The molecule has 200 valence electrons. The molecule has 1 aliphatic rings. The van der Waals surface area contributed by atoms with Crippen molar-refractivity contribution in [3.63, 3.8) is 0 Å². The standard InChI is InChI=1S/C22H22ClF4N5O4S/c1-22(4-6-37(34)7-5-22)31-20(33)19-30-18-13(32(19)10-15(24)25)2-3-17(29-18)36-21-14(35-11-16(26)27)8-12(23)9-28-21/h2-3,8-9,15-16H,4-7,10-11H2,1H3,(H,31,33). The van der Waals surface area contributed by atoms with Crippen molar-refractivity contribution in [2.75, 3.05) is 18.1 Å². The molecule has 1 saturated heterocycles. The summed E-state index contributed by atoms with van der Waals surface area (Å²) in [6, 6.07) is 3.97. The van der Waals surface area contributed by atoms with Crippen LogP contribution in [0.3, 0.4) is 0 Å². The van der Waals surface area contributed by atoms with E-state index in [0.29, 0.717) is 24.3 Å². The Kier molecular flexibility index (Phi) is 8.17. The molecule has 0 radical (unpaired) electrons. The summed E-state index contributed by atoms with van der Waals surface area (Å²) in [5.41, 5.74) is -0.553. The van der Waals surface area contributed by atoms with Gasteiger partial charge in [0.05, 0.1) is 17.1 Å². The van der Waals surface area contributed by atoms with E-state index in [2.05, 4.69) is 20.3 Å². The average molecular weight is 564 g/mol. The third-order valence-corrected chi connectivity index (χ3v) is 7.17. The number of carbonyl (C=O) groups is 1. The maximum absolute atomic E-state index is 13.4. The maximum atomic E-state index is 13.4. The summed E-state index contributed by atoms with van der Waals surface area (Å²) in [5, 5.41) is 2.96. The number of pyridine rings is 2. The summed E-state index contributed by atoms with van der Waals surface area (Å²) in [5.74, 6) is -0.539. The minimum atomic E-state index is -2.78. The van der Waals surface area contributed by atoms with E-state index in [1.54, 1.807) is 6.92 Å². The molecule has 0 aromatic carbocycles. The van der Waals surface area contributed by atoms with Crippen LogP contribution >= 0.6 is 11.6 Å². The zero-order valence-corrected chi connectivity index (χ0v) is 21.0. The van der Waals surface area contributed by atoms with Crippen molar-refractivity contribution in [2.45, 2.75) is 44.7 Å². The molecule has 1 aliphatic heterocycles. The van der Waals surface area contributed by atoms with Crippen LogP contribution in [0.2, 0.25) is 5.02 Å². The first-order chi connectivity index (χ1) is 17.5. The summed E-state index contributed by atoms with van der Waals surface area (Å²) >= 11 is 5.86. The number of amides is 1. The number of ether oxygens (including phenoxy) is 2. The largest absolute Gasteiger partial charge is 0.482 e. The van der Waals surface area contributed by atoms with Crippen molar-refractivity contribution in [1.29, 1.82) is 0 Å². The van der Waals surface area contributed by atoms with Gasteiger partial charge in [0.1, 0.15) is 6.61 Å². The normalized spacial score (nSPS) is 19.9. The van der Waals surface area contributed by atoms with Gasteiger partial charge in [-0.3, -0.25) is 9.00 Å². The Hall–Kier alpha value is -3.00. The van der Waals surface area contributed by atoms with E-state index in [1.165, 1.54) is 24.4 Å². The number of halogens is 5. The fourth-order valence-electron chi connectivity index (χ4n) is 3.74. The lowest BCUT2D eigenvalue weighted by molar-refractivity contribution is 0.0803. The van der Waals surface area contributed by atoms with Gasteiger partial charge in [-0.1, -0.05) is 11.6 Å². The molecular formula is C22H22ClF4N5O4S. The van der Waals surface area contributed by atoms with Gasteiger partial charge in [0.2, 0.25) is 11.7 Å². The number of rotatable bonds is 9.